The van der Waals surface area contributed by atoms with Gasteiger partial charge >= 0.3 is 5.97 Å². The van der Waals surface area contributed by atoms with Gasteiger partial charge in [-0.15, -0.1) is 0 Å². The number of guanidine groups is 1. The number of methoxy groups -OCH3 is 1. The molecule has 2 heterocycles. The fourth-order valence-electron chi connectivity index (χ4n) is 2.09. The number of nitrogens with zero attached hydrogens (tertiary/aromatic N) is 3. The molecule has 3 rings (SSSR count). The number of carbonyl (C=O) groups is 2. The standard InChI is InChI=1S/C15H13N5O3/c1-8-9-5-3-4-6-10(9)17-14(16-8)20-15-18-11(13(22)19-15)7-12(21)23-2/h3-7H,1-2H3,(H2,16,17,18,19,20,22). The summed E-state index contributed by atoms with van der Waals surface area (Å²) < 4.78 is 4.48. The quantitative estimate of drug-likeness (QED) is 0.625. The average Bonchev–Trinajstić information content (AvgIpc) is 2.86. The zero-order valence-corrected chi connectivity index (χ0v) is 12.5. The first-order chi connectivity index (χ1) is 11.1. The number of aromatic nitrogens is 2. The van der Waals surface area contributed by atoms with E-state index in [-0.39, 0.29) is 17.6 Å². The van der Waals surface area contributed by atoms with Crippen LogP contribution in [0.1, 0.15) is 5.69 Å². The van der Waals surface area contributed by atoms with Crippen LogP contribution in [0.3, 0.4) is 0 Å². The van der Waals surface area contributed by atoms with Crippen molar-refractivity contribution in [2.75, 3.05) is 7.11 Å². The number of ether oxygens (including phenoxy) is 1. The molecule has 8 heteroatoms. The van der Waals surface area contributed by atoms with E-state index >= 15 is 0 Å². The second kappa shape index (κ2) is 5.84. The lowest BCUT2D eigenvalue weighted by Gasteiger charge is -2.02. The van der Waals surface area contributed by atoms with Crippen molar-refractivity contribution in [1.29, 1.82) is 0 Å². The number of amides is 1. The summed E-state index contributed by atoms with van der Waals surface area (Å²) >= 11 is 0. The van der Waals surface area contributed by atoms with Crippen molar-refractivity contribution < 1.29 is 14.3 Å². The minimum atomic E-state index is -0.637. The molecule has 0 unspecified atom stereocenters. The second-order valence-electron chi connectivity index (χ2n) is 4.75. The Labute approximate surface area is 131 Å². The molecule has 0 atom stereocenters. The molecule has 1 aromatic carbocycles. The summed E-state index contributed by atoms with van der Waals surface area (Å²) in [6.45, 7) is 1.86. The van der Waals surface area contributed by atoms with Crippen LogP contribution in [0.4, 0.5) is 5.95 Å². The highest BCUT2D eigenvalue weighted by Crippen LogP contribution is 2.18. The fourth-order valence-corrected chi connectivity index (χ4v) is 2.09. The van der Waals surface area contributed by atoms with Crippen molar-refractivity contribution in [2.24, 2.45) is 4.99 Å². The van der Waals surface area contributed by atoms with Gasteiger partial charge in [-0.25, -0.2) is 14.8 Å². The third kappa shape index (κ3) is 3.00. The van der Waals surface area contributed by atoms with Crippen LogP contribution >= 0.6 is 0 Å². The molecule has 0 bridgehead atoms. The van der Waals surface area contributed by atoms with E-state index in [2.05, 4.69) is 30.3 Å². The Bertz CT molecular complexity index is 873. The number of fused-ring (bicyclic) bond motifs is 1. The number of aryl methyl sites for hydroxylation is 1. The summed E-state index contributed by atoms with van der Waals surface area (Å²) in [5, 5.41) is 6.12. The fraction of sp³-hybridized carbons (Fsp3) is 0.133. The summed E-state index contributed by atoms with van der Waals surface area (Å²) in [6.07, 6.45) is 1.05. The molecule has 8 nitrogen and oxygen atoms in total. The average molecular weight is 311 g/mol. The largest absolute Gasteiger partial charge is 0.466 e. The zero-order valence-electron chi connectivity index (χ0n) is 12.5. The second-order valence-corrected chi connectivity index (χ2v) is 4.75. The Morgan fingerprint density at radius 2 is 2.04 bits per heavy atom. The Hall–Kier alpha value is -3.29. The first-order valence-electron chi connectivity index (χ1n) is 6.77. The molecule has 0 saturated carbocycles. The van der Waals surface area contributed by atoms with Gasteiger partial charge in [0.15, 0.2) is 0 Å². The van der Waals surface area contributed by atoms with Crippen molar-refractivity contribution in [3.05, 3.63) is 41.7 Å². The third-order valence-corrected chi connectivity index (χ3v) is 3.19. The van der Waals surface area contributed by atoms with Crippen molar-refractivity contribution >= 4 is 34.7 Å². The topological polar surface area (TPSA) is 106 Å². The molecule has 2 aromatic rings. The van der Waals surface area contributed by atoms with Gasteiger partial charge in [-0.3, -0.25) is 10.1 Å². The number of aliphatic imine (C=N–C) groups is 1. The Balaban J connectivity index is 1.92. The Morgan fingerprint density at radius 1 is 1.26 bits per heavy atom. The number of hydrogen-bond donors (Lipinski definition) is 2. The number of hydrogen-bond acceptors (Lipinski definition) is 6. The van der Waals surface area contributed by atoms with Gasteiger partial charge in [0.25, 0.3) is 11.9 Å². The van der Waals surface area contributed by atoms with E-state index in [9.17, 15) is 9.59 Å². The first kappa shape index (κ1) is 14.6. The number of carbonyl (C=O) groups excluding carboxylic acids is 2. The van der Waals surface area contributed by atoms with Crippen LogP contribution in [0.2, 0.25) is 0 Å². The van der Waals surface area contributed by atoms with Gasteiger partial charge in [0.05, 0.1) is 24.4 Å². The van der Waals surface area contributed by atoms with Gasteiger partial charge in [0, 0.05) is 5.39 Å². The van der Waals surface area contributed by atoms with Crippen LogP contribution in [0, 0.1) is 6.92 Å². The Morgan fingerprint density at radius 3 is 2.83 bits per heavy atom. The highest BCUT2D eigenvalue weighted by molar-refractivity contribution is 6.15. The number of esters is 1. The molecular formula is C15H13N5O3. The van der Waals surface area contributed by atoms with Crippen molar-refractivity contribution in [3.8, 4) is 0 Å². The third-order valence-electron chi connectivity index (χ3n) is 3.19. The van der Waals surface area contributed by atoms with Crippen LogP contribution in [0.15, 0.2) is 41.0 Å². The molecule has 0 aliphatic carbocycles. The van der Waals surface area contributed by atoms with Gasteiger partial charge in [0.1, 0.15) is 5.70 Å². The van der Waals surface area contributed by atoms with Gasteiger partial charge in [0.2, 0.25) is 5.96 Å². The summed E-state index contributed by atoms with van der Waals surface area (Å²) in [4.78, 5) is 35.7. The smallest absolute Gasteiger partial charge is 0.332 e. The van der Waals surface area contributed by atoms with E-state index in [0.717, 1.165) is 22.7 Å². The van der Waals surface area contributed by atoms with Gasteiger partial charge in [-0.1, -0.05) is 18.2 Å². The van der Waals surface area contributed by atoms with E-state index in [1.54, 1.807) is 0 Å². The number of para-hydroxylation sites is 1. The maximum absolute atomic E-state index is 11.7. The van der Waals surface area contributed by atoms with E-state index < -0.39 is 11.9 Å². The van der Waals surface area contributed by atoms with Crippen molar-refractivity contribution in [3.63, 3.8) is 0 Å². The molecule has 2 N–H and O–H groups in total. The van der Waals surface area contributed by atoms with Gasteiger partial charge in [-0.2, -0.15) is 4.99 Å². The highest BCUT2D eigenvalue weighted by Gasteiger charge is 2.23. The lowest BCUT2D eigenvalue weighted by molar-refractivity contribution is -0.135. The van der Waals surface area contributed by atoms with Crippen LogP contribution in [0.5, 0.6) is 0 Å². The first-order valence-corrected chi connectivity index (χ1v) is 6.77. The Kier molecular flexibility index (Phi) is 3.71. The summed E-state index contributed by atoms with van der Waals surface area (Å²) in [7, 11) is 1.23. The van der Waals surface area contributed by atoms with Crippen LogP contribution in [-0.2, 0) is 14.3 Å². The molecule has 23 heavy (non-hydrogen) atoms. The molecule has 1 aromatic heterocycles. The van der Waals surface area contributed by atoms with E-state index in [1.165, 1.54) is 7.11 Å². The van der Waals surface area contributed by atoms with Crippen molar-refractivity contribution in [2.45, 2.75) is 6.92 Å². The minimum Gasteiger partial charge on any atom is -0.466 e. The van der Waals surface area contributed by atoms with E-state index in [1.807, 2.05) is 31.2 Å². The summed E-state index contributed by atoms with van der Waals surface area (Å²) in [5.74, 6) is -0.753. The molecule has 0 spiro atoms. The molecule has 1 fully saturated rings. The van der Waals surface area contributed by atoms with E-state index in [0.29, 0.717) is 0 Å². The molecule has 1 aliphatic heterocycles. The molecule has 116 valence electrons. The summed E-state index contributed by atoms with van der Waals surface area (Å²) in [5.41, 5.74) is 1.59. The molecule has 1 aliphatic rings. The van der Waals surface area contributed by atoms with Gasteiger partial charge < -0.3 is 10.1 Å². The molecule has 0 radical (unpaired) electrons. The predicted octanol–water partition coefficient (Wildman–Crippen LogP) is 0.702. The summed E-state index contributed by atoms with van der Waals surface area (Å²) in [6, 6.07) is 7.57. The van der Waals surface area contributed by atoms with Crippen LogP contribution < -0.4 is 10.6 Å². The highest BCUT2D eigenvalue weighted by atomic mass is 16.5. The number of benzene rings is 1. The molecule has 1 amide bonds. The normalized spacial score (nSPS) is 17.4. The predicted molar refractivity (Wildman–Crippen MR) is 82.7 cm³/mol. The SMILES string of the molecule is COC(=O)C=C1NC(=Nc2nc(C)c3ccccc3n2)NC1=O. The maximum Gasteiger partial charge on any atom is 0.332 e. The number of rotatable bonds is 2. The lowest BCUT2D eigenvalue weighted by atomic mass is 10.2. The molecule has 1 saturated heterocycles. The maximum atomic E-state index is 11.7. The monoisotopic (exact) mass is 311 g/mol. The minimum absolute atomic E-state index is 0.0492. The zero-order chi connectivity index (χ0) is 16.4. The number of nitrogens with one attached hydrogen (secondary N) is 2. The van der Waals surface area contributed by atoms with Crippen molar-refractivity contribution in [1.82, 2.24) is 20.6 Å². The van der Waals surface area contributed by atoms with Crippen LogP contribution in [-0.4, -0.2) is 34.9 Å². The molecular weight excluding hydrogens is 298 g/mol. The van der Waals surface area contributed by atoms with E-state index in [4.69, 9.17) is 0 Å². The lowest BCUT2D eigenvalue weighted by Crippen LogP contribution is -2.24. The van der Waals surface area contributed by atoms with Crippen LogP contribution in [0.25, 0.3) is 10.9 Å². The van der Waals surface area contributed by atoms with Gasteiger partial charge in [-0.05, 0) is 13.0 Å².